The van der Waals surface area contributed by atoms with Gasteiger partial charge in [0.25, 0.3) is 11.6 Å². The number of non-ortho nitro benzene ring substituents is 1. The van der Waals surface area contributed by atoms with Crippen LogP contribution in [0.2, 0.25) is 0 Å². The molecule has 1 fully saturated rings. The number of nitrogens with zero attached hydrogens (tertiary/aromatic N) is 5. The minimum absolute atomic E-state index is 0.0920. The molecule has 0 radical (unpaired) electrons. The number of aromatic nitrogens is 3. The molecule has 3 rings (SSSR count). The second-order valence-corrected chi connectivity index (χ2v) is 6.14. The van der Waals surface area contributed by atoms with Gasteiger partial charge in [0.05, 0.1) is 22.2 Å². The molecule has 1 aliphatic rings. The van der Waals surface area contributed by atoms with Crippen LogP contribution in [-0.2, 0) is 4.79 Å². The Balaban J connectivity index is 1.87. The first kappa shape index (κ1) is 17.5. The number of carbonyl (C=O) groups excluding carboxylic acids is 1. The molecule has 10 heteroatoms. The second-order valence-electron chi connectivity index (χ2n) is 6.14. The second kappa shape index (κ2) is 6.90. The van der Waals surface area contributed by atoms with Crippen LogP contribution < -0.4 is 0 Å². The maximum Gasteiger partial charge on any atom is 0.308 e. The van der Waals surface area contributed by atoms with Crippen molar-refractivity contribution >= 4 is 17.6 Å². The standard InChI is InChI=1S/C16H17N5O5/c1-10-14(15(22)19-7-3-4-11(9-19)16(23)24)17-18-20(10)12-5-2-6-13(8-12)21(25)26/h2,5-6,8,11H,3-4,7,9H2,1H3,(H,23,24). The van der Waals surface area contributed by atoms with Gasteiger partial charge in [-0.25, -0.2) is 4.68 Å². The number of rotatable bonds is 4. The summed E-state index contributed by atoms with van der Waals surface area (Å²) in [7, 11) is 0. The van der Waals surface area contributed by atoms with E-state index in [-0.39, 0.29) is 23.8 Å². The normalized spacial score (nSPS) is 17.1. The van der Waals surface area contributed by atoms with Gasteiger partial charge < -0.3 is 10.0 Å². The molecule has 2 heterocycles. The van der Waals surface area contributed by atoms with Crippen LogP contribution in [0.4, 0.5) is 5.69 Å². The smallest absolute Gasteiger partial charge is 0.308 e. The third kappa shape index (κ3) is 3.25. The van der Waals surface area contributed by atoms with Gasteiger partial charge in [-0.05, 0) is 25.8 Å². The zero-order chi connectivity index (χ0) is 18.8. The summed E-state index contributed by atoms with van der Waals surface area (Å²) in [6.07, 6.45) is 1.15. The Morgan fingerprint density at radius 2 is 2.15 bits per heavy atom. The fourth-order valence-electron chi connectivity index (χ4n) is 3.02. The molecule has 1 aliphatic heterocycles. The number of nitro benzene ring substituents is 1. The van der Waals surface area contributed by atoms with Crippen molar-refractivity contribution in [3.8, 4) is 5.69 Å². The Morgan fingerprint density at radius 1 is 1.38 bits per heavy atom. The fourth-order valence-corrected chi connectivity index (χ4v) is 3.02. The highest BCUT2D eigenvalue weighted by Crippen LogP contribution is 2.21. The van der Waals surface area contributed by atoms with E-state index in [9.17, 15) is 19.7 Å². The highest BCUT2D eigenvalue weighted by Gasteiger charge is 2.31. The first-order valence-corrected chi connectivity index (χ1v) is 8.07. The summed E-state index contributed by atoms with van der Waals surface area (Å²) in [5.41, 5.74) is 0.881. The van der Waals surface area contributed by atoms with Crippen LogP contribution in [0.15, 0.2) is 24.3 Å². The van der Waals surface area contributed by atoms with E-state index in [0.717, 1.165) is 0 Å². The van der Waals surface area contributed by atoms with Crippen molar-refractivity contribution in [2.75, 3.05) is 13.1 Å². The van der Waals surface area contributed by atoms with Crippen molar-refractivity contribution in [1.29, 1.82) is 0 Å². The fraction of sp³-hybridized carbons (Fsp3) is 0.375. The number of hydrogen-bond acceptors (Lipinski definition) is 6. The summed E-state index contributed by atoms with van der Waals surface area (Å²) in [5, 5.41) is 27.9. The Kier molecular flexibility index (Phi) is 4.65. The highest BCUT2D eigenvalue weighted by molar-refractivity contribution is 5.93. The molecule has 1 N–H and O–H groups in total. The molecule has 0 aliphatic carbocycles. The van der Waals surface area contributed by atoms with Crippen LogP contribution in [0.3, 0.4) is 0 Å². The largest absolute Gasteiger partial charge is 0.481 e. The quantitative estimate of drug-likeness (QED) is 0.645. The van der Waals surface area contributed by atoms with Gasteiger partial charge in [0.15, 0.2) is 5.69 Å². The minimum atomic E-state index is -0.917. The predicted molar refractivity (Wildman–Crippen MR) is 89.0 cm³/mol. The molecule has 0 spiro atoms. The van der Waals surface area contributed by atoms with E-state index in [1.807, 2.05) is 0 Å². The molecule has 0 saturated carbocycles. The number of piperidine rings is 1. The van der Waals surface area contributed by atoms with Gasteiger partial charge >= 0.3 is 5.97 Å². The number of hydrogen-bond donors (Lipinski definition) is 1. The van der Waals surface area contributed by atoms with Crippen molar-refractivity contribution in [2.45, 2.75) is 19.8 Å². The summed E-state index contributed by atoms with van der Waals surface area (Å²) in [6.45, 7) is 2.24. The molecule has 1 unspecified atom stereocenters. The van der Waals surface area contributed by atoms with Crippen LogP contribution in [-0.4, -0.2) is 54.9 Å². The van der Waals surface area contributed by atoms with Crippen LogP contribution in [0.1, 0.15) is 29.0 Å². The summed E-state index contributed by atoms with van der Waals surface area (Å²) < 4.78 is 1.36. The molecular formula is C16H17N5O5. The van der Waals surface area contributed by atoms with E-state index in [0.29, 0.717) is 30.8 Å². The van der Waals surface area contributed by atoms with Crippen molar-refractivity contribution in [3.63, 3.8) is 0 Å². The Labute approximate surface area is 148 Å². The van der Waals surface area contributed by atoms with E-state index in [1.54, 1.807) is 13.0 Å². The Bertz CT molecular complexity index is 878. The van der Waals surface area contributed by atoms with Gasteiger partial charge in [0.1, 0.15) is 0 Å². The van der Waals surface area contributed by atoms with Gasteiger partial charge in [-0.2, -0.15) is 0 Å². The maximum atomic E-state index is 12.7. The third-order valence-corrected chi connectivity index (χ3v) is 4.44. The number of carbonyl (C=O) groups is 2. The van der Waals surface area contributed by atoms with Crippen molar-refractivity contribution in [3.05, 3.63) is 45.8 Å². The summed E-state index contributed by atoms with van der Waals surface area (Å²) in [5.74, 6) is -1.88. The molecule has 1 aromatic carbocycles. The molecule has 2 aromatic rings. The van der Waals surface area contributed by atoms with Gasteiger partial charge in [0.2, 0.25) is 0 Å². The lowest BCUT2D eigenvalue weighted by molar-refractivity contribution is -0.384. The van der Waals surface area contributed by atoms with Gasteiger partial charge in [-0.15, -0.1) is 5.10 Å². The maximum absolute atomic E-state index is 12.7. The number of amides is 1. The minimum Gasteiger partial charge on any atom is -0.481 e. The topological polar surface area (TPSA) is 131 Å². The van der Waals surface area contributed by atoms with E-state index in [2.05, 4.69) is 10.3 Å². The zero-order valence-corrected chi connectivity index (χ0v) is 14.0. The van der Waals surface area contributed by atoms with Gasteiger partial charge in [0, 0.05) is 25.2 Å². The lowest BCUT2D eigenvalue weighted by Crippen LogP contribution is -2.42. The van der Waals surface area contributed by atoms with Crippen molar-refractivity contribution < 1.29 is 19.6 Å². The molecule has 1 aromatic heterocycles. The van der Waals surface area contributed by atoms with Gasteiger partial charge in [-0.1, -0.05) is 11.3 Å². The predicted octanol–water partition coefficient (Wildman–Crippen LogP) is 1.42. The molecule has 10 nitrogen and oxygen atoms in total. The molecule has 26 heavy (non-hydrogen) atoms. The molecule has 0 bridgehead atoms. The van der Waals surface area contributed by atoms with E-state index < -0.39 is 16.8 Å². The monoisotopic (exact) mass is 359 g/mol. The summed E-state index contributed by atoms with van der Waals surface area (Å²) in [6, 6.07) is 5.86. The first-order chi connectivity index (χ1) is 12.4. The number of carboxylic acids is 1. The molecular weight excluding hydrogens is 342 g/mol. The summed E-state index contributed by atoms with van der Waals surface area (Å²) >= 11 is 0. The third-order valence-electron chi connectivity index (χ3n) is 4.44. The average Bonchev–Trinajstić information content (AvgIpc) is 3.02. The van der Waals surface area contributed by atoms with E-state index in [4.69, 9.17) is 5.11 Å². The molecule has 136 valence electrons. The highest BCUT2D eigenvalue weighted by atomic mass is 16.6. The number of likely N-dealkylation sites (tertiary alicyclic amines) is 1. The van der Waals surface area contributed by atoms with Crippen molar-refractivity contribution in [2.24, 2.45) is 5.92 Å². The number of nitro groups is 1. The van der Waals surface area contributed by atoms with Gasteiger partial charge in [-0.3, -0.25) is 19.7 Å². The Hall–Kier alpha value is -3.30. The van der Waals surface area contributed by atoms with E-state index >= 15 is 0 Å². The van der Waals surface area contributed by atoms with Crippen LogP contribution in [0.25, 0.3) is 5.69 Å². The average molecular weight is 359 g/mol. The Morgan fingerprint density at radius 3 is 2.85 bits per heavy atom. The molecule has 1 atom stereocenters. The van der Waals surface area contributed by atoms with Crippen LogP contribution >= 0.6 is 0 Å². The number of benzene rings is 1. The van der Waals surface area contributed by atoms with E-state index in [1.165, 1.54) is 27.8 Å². The summed E-state index contributed by atoms with van der Waals surface area (Å²) in [4.78, 5) is 35.8. The van der Waals surface area contributed by atoms with Crippen LogP contribution in [0, 0.1) is 23.0 Å². The lowest BCUT2D eigenvalue weighted by atomic mass is 9.98. The first-order valence-electron chi connectivity index (χ1n) is 8.07. The van der Waals surface area contributed by atoms with Crippen LogP contribution in [0.5, 0.6) is 0 Å². The van der Waals surface area contributed by atoms with Crippen molar-refractivity contribution in [1.82, 2.24) is 19.9 Å². The SMILES string of the molecule is Cc1c(C(=O)N2CCCC(C(=O)O)C2)nnn1-c1cccc([N+](=O)[O-])c1. The zero-order valence-electron chi connectivity index (χ0n) is 14.0. The molecule has 1 saturated heterocycles. The number of aliphatic carboxylic acids is 1. The molecule has 1 amide bonds. The number of carboxylic acid groups (broad SMARTS) is 1. The lowest BCUT2D eigenvalue weighted by Gasteiger charge is -2.30.